The van der Waals surface area contributed by atoms with Gasteiger partial charge in [-0.2, -0.15) is 0 Å². The highest BCUT2D eigenvalue weighted by molar-refractivity contribution is 6.42. The average molecular weight is 264 g/mol. The molecular formula is C18H26B2. The van der Waals surface area contributed by atoms with Crippen LogP contribution in [0.25, 0.3) is 5.57 Å². The van der Waals surface area contributed by atoms with Crippen LogP contribution in [0.2, 0.25) is 5.21 Å². The van der Waals surface area contributed by atoms with E-state index in [9.17, 15) is 0 Å². The molecule has 1 aromatic rings. The first-order chi connectivity index (χ1) is 9.28. The second kappa shape index (κ2) is 6.83. The monoisotopic (exact) mass is 264 g/mol. The molecule has 0 spiro atoms. The lowest BCUT2D eigenvalue weighted by Crippen LogP contribution is -2.22. The predicted molar refractivity (Wildman–Crippen MR) is 97.7 cm³/mol. The summed E-state index contributed by atoms with van der Waals surface area (Å²) in [5.41, 5.74) is 4.88. The lowest BCUT2D eigenvalue weighted by molar-refractivity contribution is 0.601. The molecule has 0 amide bonds. The Bertz CT molecular complexity index is 517. The van der Waals surface area contributed by atoms with Crippen LogP contribution in [0.1, 0.15) is 31.9 Å². The number of allylic oxidation sites excluding steroid dienone is 5. The van der Waals surface area contributed by atoms with Crippen LogP contribution in [0.4, 0.5) is 0 Å². The summed E-state index contributed by atoms with van der Waals surface area (Å²) in [5, 5.41) is 0.179. The molecule has 0 aliphatic rings. The van der Waals surface area contributed by atoms with E-state index in [0.717, 1.165) is 5.57 Å². The van der Waals surface area contributed by atoms with E-state index in [1.54, 1.807) is 0 Å². The average Bonchev–Trinajstić information content (AvgIpc) is 2.39. The zero-order valence-electron chi connectivity index (χ0n) is 13.8. The largest absolute Gasteiger partial charge is 0.105 e. The normalized spacial score (nSPS) is 13.2. The highest BCUT2D eigenvalue weighted by Crippen LogP contribution is 2.37. The van der Waals surface area contributed by atoms with Gasteiger partial charge in [-0.05, 0) is 25.0 Å². The topological polar surface area (TPSA) is 0 Å². The molecule has 0 fully saturated rings. The Hall–Kier alpha value is -1.43. The Morgan fingerprint density at radius 2 is 1.70 bits per heavy atom. The summed E-state index contributed by atoms with van der Waals surface area (Å²) >= 11 is 0. The molecule has 0 unspecified atom stereocenters. The lowest BCUT2D eigenvalue weighted by Gasteiger charge is -2.31. The van der Waals surface area contributed by atoms with Crippen molar-refractivity contribution in [3.05, 3.63) is 65.8 Å². The zero-order chi connectivity index (χ0) is 15.3. The highest BCUT2D eigenvalue weighted by atomic mass is 14.2. The Morgan fingerprint density at radius 1 is 1.15 bits per heavy atom. The van der Waals surface area contributed by atoms with Gasteiger partial charge in [0.15, 0.2) is 0 Å². The van der Waals surface area contributed by atoms with Gasteiger partial charge in [0.1, 0.15) is 15.7 Å². The Morgan fingerprint density at radius 3 is 2.15 bits per heavy atom. The molecule has 0 saturated heterocycles. The minimum atomic E-state index is 0.179. The highest BCUT2D eigenvalue weighted by Gasteiger charge is 2.24. The molecule has 1 aromatic carbocycles. The quantitative estimate of drug-likeness (QED) is 0.563. The fraction of sp³-hybridized carbons (Fsp3) is 0.333. The third kappa shape index (κ3) is 4.03. The molecule has 1 rings (SSSR count). The van der Waals surface area contributed by atoms with Crippen molar-refractivity contribution in [1.82, 2.24) is 0 Å². The van der Waals surface area contributed by atoms with Crippen LogP contribution >= 0.6 is 0 Å². The minimum Gasteiger partial charge on any atom is -0.0912 e. The SMILES string of the molecule is BC(B)(C(/C=C\C(=C)c1ccc(C)cc1)=C/C)C(C)C. The van der Waals surface area contributed by atoms with Crippen LogP contribution in [-0.4, -0.2) is 15.7 Å². The fourth-order valence-corrected chi connectivity index (χ4v) is 2.07. The second-order valence-electron chi connectivity index (χ2n) is 6.35. The van der Waals surface area contributed by atoms with Crippen LogP contribution in [0.5, 0.6) is 0 Å². The van der Waals surface area contributed by atoms with Crippen molar-refractivity contribution in [3.8, 4) is 0 Å². The number of hydrogen-bond donors (Lipinski definition) is 0. The van der Waals surface area contributed by atoms with Crippen LogP contribution in [0.15, 0.2) is 54.6 Å². The van der Waals surface area contributed by atoms with Gasteiger partial charge in [0.05, 0.1) is 0 Å². The Labute approximate surface area is 126 Å². The fourth-order valence-electron chi connectivity index (χ4n) is 2.07. The van der Waals surface area contributed by atoms with E-state index in [0.29, 0.717) is 5.92 Å². The number of rotatable bonds is 5. The van der Waals surface area contributed by atoms with Crippen molar-refractivity contribution < 1.29 is 0 Å². The van der Waals surface area contributed by atoms with Gasteiger partial charge in [-0.1, -0.05) is 85.2 Å². The third-order valence-electron chi connectivity index (χ3n) is 4.38. The molecule has 0 saturated carbocycles. The van der Waals surface area contributed by atoms with E-state index < -0.39 is 0 Å². The molecule has 104 valence electrons. The molecule has 0 radical (unpaired) electrons. The summed E-state index contributed by atoms with van der Waals surface area (Å²) < 4.78 is 0. The van der Waals surface area contributed by atoms with Crippen LogP contribution in [0, 0.1) is 12.8 Å². The molecule has 0 aromatic heterocycles. The van der Waals surface area contributed by atoms with Gasteiger partial charge in [0, 0.05) is 0 Å². The third-order valence-corrected chi connectivity index (χ3v) is 4.38. The molecule has 0 heterocycles. The maximum atomic E-state index is 4.17. The first-order valence-corrected chi connectivity index (χ1v) is 7.40. The summed E-state index contributed by atoms with van der Waals surface area (Å²) in [5.74, 6) is 0.603. The molecule has 0 nitrogen and oxygen atoms in total. The van der Waals surface area contributed by atoms with E-state index in [-0.39, 0.29) is 5.21 Å². The Balaban J connectivity index is 2.91. The van der Waals surface area contributed by atoms with E-state index in [1.165, 1.54) is 16.7 Å². The standard InChI is InChI=1S/C18H26B2/c1-6-17(18(19,20)13(2)3)12-9-15(5)16-10-7-14(4)8-11-16/h6-13H,5,19-20H2,1-4H3/b12-9-,17-6+. The number of aryl methyl sites for hydroxylation is 1. The molecule has 20 heavy (non-hydrogen) atoms. The smallest absolute Gasteiger partial charge is 0.0912 e. The molecule has 2 heteroatoms. The van der Waals surface area contributed by atoms with Gasteiger partial charge in [0.25, 0.3) is 0 Å². The molecule has 0 aliphatic carbocycles. The Kier molecular flexibility index (Phi) is 5.68. The van der Waals surface area contributed by atoms with Gasteiger partial charge in [-0.25, -0.2) is 0 Å². The maximum Gasteiger partial charge on any atom is 0.105 e. The van der Waals surface area contributed by atoms with Crippen molar-refractivity contribution in [1.29, 1.82) is 0 Å². The van der Waals surface area contributed by atoms with Crippen LogP contribution < -0.4 is 0 Å². The molecule has 0 bridgehead atoms. The van der Waals surface area contributed by atoms with E-state index in [4.69, 9.17) is 0 Å². The zero-order valence-corrected chi connectivity index (χ0v) is 13.8. The summed E-state index contributed by atoms with van der Waals surface area (Å²) in [6, 6.07) is 8.52. The number of hydrogen-bond acceptors (Lipinski definition) is 0. The molecule has 0 N–H and O–H groups in total. The lowest BCUT2D eigenvalue weighted by atomic mass is 9.45. The number of benzene rings is 1. The van der Waals surface area contributed by atoms with E-state index >= 15 is 0 Å². The van der Waals surface area contributed by atoms with E-state index in [2.05, 4.69) is 92.5 Å². The first-order valence-electron chi connectivity index (χ1n) is 7.40. The summed E-state index contributed by atoms with van der Waals surface area (Å²) in [4.78, 5) is 0. The predicted octanol–water partition coefficient (Wildman–Crippen LogP) is 3.55. The molecular weight excluding hydrogens is 238 g/mol. The van der Waals surface area contributed by atoms with Gasteiger partial charge in [-0.3, -0.25) is 0 Å². The summed E-state index contributed by atoms with van der Waals surface area (Å²) in [7, 11) is 4.60. The van der Waals surface area contributed by atoms with Gasteiger partial charge in [0.2, 0.25) is 0 Å². The van der Waals surface area contributed by atoms with Crippen LogP contribution in [-0.2, 0) is 0 Å². The minimum absolute atomic E-state index is 0.179. The first kappa shape index (κ1) is 16.6. The van der Waals surface area contributed by atoms with Gasteiger partial charge in [-0.15, -0.1) is 0 Å². The van der Waals surface area contributed by atoms with Crippen molar-refractivity contribution in [2.75, 3.05) is 0 Å². The second-order valence-corrected chi connectivity index (χ2v) is 6.35. The summed E-state index contributed by atoms with van der Waals surface area (Å²) in [6.07, 6.45) is 6.55. The summed E-state index contributed by atoms with van der Waals surface area (Å²) in [6.45, 7) is 12.9. The van der Waals surface area contributed by atoms with E-state index in [1.807, 2.05) is 0 Å². The van der Waals surface area contributed by atoms with Crippen molar-refractivity contribution >= 4 is 21.3 Å². The van der Waals surface area contributed by atoms with Gasteiger partial charge >= 0.3 is 0 Å². The van der Waals surface area contributed by atoms with Crippen molar-refractivity contribution in [2.24, 2.45) is 5.92 Å². The molecule has 0 aliphatic heterocycles. The van der Waals surface area contributed by atoms with Gasteiger partial charge < -0.3 is 0 Å². The van der Waals surface area contributed by atoms with Crippen molar-refractivity contribution in [2.45, 2.75) is 32.9 Å². The van der Waals surface area contributed by atoms with Crippen molar-refractivity contribution in [3.63, 3.8) is 0 Å². The van der Waals surface area contributed by atoms with Crippen LogP contribution in [0.3, 0.4) is 0 Å². The maximum absolute atomic E-state index is 4.17. The molecule has 0 atom stereocenters.